The highest BCUT2D eigenvalue weighted by molar-refractivity contribution is 8.00. The van der Waals surface area contributed by atoms with Gasteiger partial charge in [0.1, 0.15) is 16.4 Å². The number of nitrogens with zero attached hydrogens (tertiary/aromatic N) is 3. The average Bonchev–Trinajstić information content (AvgIpc) is 2.80. The number of rotatable bonds is 5. The highest BCUT2D eigenvalue weighted by atomic mass is 35.5. The maximum absolute atomic E-state index is 15.2. The van der Waals surface area contributed by atoms with Crippen molar-refractivity contribution in [3.05, 3.63) is 46.1 Å². The van der Waals surface area contributed by atoms with Gasteiger partial charge in [-0.1, -0.05) is 36.2 Å². The van der Waals surface area contributed by atoms with Crippen LogP contribution in [0.5, 0.6) is 0 Å². The molecule has 2 aromatic rings. The van der Waals surface area contributed by atoms with Crippen molar-refractivity contribution in [2.45, 2.75) is 49.1 Å². The molecule has 10 heteroatoms. The van der Waals surface area contributed by atoms with Crippen molar-refractivity contribution in [3.8, 4) is 0 Å². The number of aromatic nitrogens is 1. The van der Waals surface area contributed by atoms with Crippen molar-refractivity contribution in [1.82, 2.24) is 9.88 Å². The molecule has 3 aliphatic rings. The molecule has 184 valence electrons. The van der Waals surface area contributed by atoms with Crippen molar-refractivity contribution in [2.75, 3.05) is 42.4 Å². The minimum Gasteiger partial charge on any atom is -0.371 e. The lowest BCUT2D eigenvalue weighted by atomic mass is 9.82. The first-order valence-corrected chi connectivity index (χ1v) is 13.3. The Hall–Kier alpha value is -1.32. The number of nitrogens with one attached hydrogen (secondary N) is 1. The number of pyridine rings is 1. The summed E-state index contributed by atoms with van der Waals surface area (Å²) in [4.78, 5) is 8.52. The molecule has 2 atom stereocenters. The summed E-state index contributed by atoms with van der Waals surface area (Å²) in [7, 11) is 0. The fourth-order valence-corrected chi connectivity index (χ4v) is 6.66. The second-order valence-electron chi connectivity index (χ2n) is 9.66. The Morgan fingerprint density at radius 1 is 1.24 bits per heavy atom. The monoisotopic (exact) mass is 528 g/mol. The SMILES string of the molecule is CC1CCCN(C2CCOC3(C2)CN(c2cc(Cl)c(SNc4cccc(F)n4)c(F)c2Cl)C3)C1. The van der Waals surface area contributed by atoms with E-state index in [1.165, 1.54) is 31.5 Å². The van der Waals surface area contributed by atoms with Crippen molar-refractivity contribution in [2.24, 2.45) is 5.92 Å². The molecule has 0 aliphatic carbocycles. The fraction of sp³-hybridized carbons (Fsp3) is 0.542. The number of anilines is 2. The smallest absolute Gasteiger partial charge is 0.214 e. The topological polar surface area (TPSA) is 40.6 Å². The lowest BCUT2D eigenvalue weighted by molar-refractivity contribution is -0.123. The Morgan fingerprint density at radius 2 is 2.06 bits per heavy atom. The average molecular weight is 529 g/mol. The number of hydrogen-bond donors (Lipinski definition) is 1. The molecule has 1 spiro atoms. The van der Waals surface area contributed by atoms with Crippen LogP contribution in [0.25, 0.3) is 0 Å². The first kappa shape index (κ1) is 24.4. The molecule has 5 rings (SSSR count). The quantitative estimate of drug-likeness (QED) is 0.280. The van der Waals surface area contributed by atoms with E-state index in [9.17, 15) is 4.39 Å². The van der Waals surface area contributed by atoms with Crippen LogP contribution in [0.1, 0.15) is 32.6 Å². The maximum Gasteiger partial charge on any atom is 0.214 e. The van der Waals surface area contributed by atoms with Crippen LogP contribution in [-0.2, 0) is 4.74 Å². The van der Waals surface area contributed by atoms with Gasteiger partial charge in [-0.05, 0) is 68.3 Å². The molecule has 1 aromatic carbocycles. The summed E-state index contributed by atoms with van der Waals surface area (Å²) in [5.41, 5.74) is 0.355. The lowest BCUT2D eigenvalue weighted by Crippen LogP contribution is -2.67. The van der Waals surface area contributed by atoms with Gasteiger partial charge in [-0.25, -0.2) is 9.37 Å². The molecule has 1 aromatic heterocycles. The molecule has 3 aliphatic heterocycles. The van der Waals surface area contributed by atoms with Crippen LogP contribution in [-0.4, -0.2) is 54.3 Å². The van der Waals surface area contributed by atoms with Gasteiger partial charge in [0.15, 0.2) is 5.82 Å². The van der Waals surface area contributed by atoms with Gasteiger partial charge < -0.3 is 14.4 Å². The molecule has 0 saturated carbocycles. The number of ether oxygens (including phenoxy) is 1. The summed E-state index contributed by atoms with van der Waals surface area (Å²) in [5.74, 6) is -0.225. The molecule has 5 nitrogen and oxygen atoms in total. The third-order valence-electron chi connectivity index (χ3n) is 7.04. The van der Waals surface area contributed by atoms with Crippen molar-refractivity contribution < 1.29 is 13.5 Å². The zero-order valence-corrected chi connectivity index (χ0v) is 21.3. The Balaban J connectivity index is 1.25. The lowest BCUT2D eigenvalue weighted by Gasteiger charge is -2.56. The predicted octanol–water partition coefficient (Wildman–Crippen LogP) is 6.26. The van der Waals surface area contributed by atoms with Crippen LogP contribution in [0.4, 0.5) is 20.3 Å². The number of piperidine rings is 1. The van der Waals surface area contributed by atoms with E-state index in [-0.39, 0.29) is 26.4 Å². The molecular weight excluding hydrogens is 501 g/mol. The normalized spacial score (nSPS) is 24.8. The fourth-order valence-electron chi connectivity index (χ4n) is 5.37. The Bertz CT molecular complexity index is 1060. The van der Waals surface area contributed by atoms with Crippen LogP contribution in [0, 0.1) is 17.7 Å². The molecule has 1 N–H and O–H groups in total. The van der Waals surface area contributed by atoms with Gasteiger partial charge >= 0.3 is 0 Å². The minimum absolute atomic E-state index is 0.0213. The second-order valence-corrected chi connectivity index (χ2v) is 11.3. The summed E-state index contributed by atoms with van der Waals surface area (Å²) >= 11 is 13.8. The third-order valence-corrected chi connectivity index (χ3v) is 8.72. The Morgan fingerprint density at radius 3 is 2.82 bits per heavy atom. The van der Waals surface area contributed by atoms with Crippen LogP contribution in [0.2, 0.25) is 10.0 Å². The number of benzene rings is 1. The standard InChI is InChI=1S/C24H28Cl2F2N4OS/c1-15-4-3-8-31(12-15)16-7-9-33-24(11-16)13-32(14-24)18-10-17(25)23(22(28)21(18)26)34-30-20-6-2-5-19(27)29-20/h2,5-6,10,15-16H,3-4,7-9,11-14H2,1H3,(H,29,30). The summed E-state index contributed by atoms with van der Waals surface area (Å²) < 4.78 is 37.5. The summed E-state index contributed by atoms with van der Waals surface area (Å²) in [6.07, 6.45) is 4.63. The minimum atomic E-state index is -0.626. The van der Waals surface area contributed by atoms with E-state index in [0.717, 1.165) is 43.9 Å². The first-order valence-electron chi connectivity index (χ1n) is 11.7. The summed E-state index contributed by atoms with van der Waals surface area (Å²) in [5, 5.41) is 0.254. The van der Waals surface area contributed by atoms with Crippen molar-refractivity contribution in [1.29, 1.82) is 0 Å². The van der Waals surface area contributed by atoms with E-state index in [4.69, 9.17) is 27.9 Å². The molecule has 2 unspecified atom stereocenters. The van der Waals surface area contributed by atoms with E-state index in [0.29, 0.717) is 24.8 Å². The van der Waals surface area contributed by atoms with Gasteiger partial charge in [0, 0.05) is 32.3 Å². The maximum atomic E-state index is 15.2. The van der Waals surface area contributed by atoms with E-state index < -0.39 is 11.8 Å². The zero-order valence-electron chi connectivity index (χ0n) is 19.0. The van der Waals surface area contributed by atoms with Crippen LogP contribution < -0.4 is 9.62 Å². The molecule has 34 heavy (non-hydrogen) atoms. The molecule has 3 fully saturated rings. The van der Waals surface area contributed by atoms with Crippen molar-refractivity contribution in [3.63, 3.8) is 0 Å². The van der Waals surface area contributed by atoms with E-state index in [1.54, 1.807) is 12.1 Å². The van der Waals surface area contributed by atoms with Crippen LogP contribution in [0.15, 0.2) is 29.2 Å². The van der Waals surface area contributed by atoms with Crippen LogP contribution >= 0.6 is 35.1 Å². The number of likely N-dealkylation sites (tertiary alicyclic amines) is 1. The second kappa shape index (κ2) is 9.97. The van der Waals surface area contributed by atoms with E-state index in [2.05, 4.69) is 21.5 Å². The molecule has 0 amide bonds. The van der Waals surface area contributed by atoms with Gasteiger partial charge in [-0.2, -0.15) is 4.39 Å². The highest BCUT2D eigenvalue weighted by Crippen LogP contribution is 2.45. The highest BCUT2D eigenvalue weighted by Gasteiger charge is 2.49. The van der Waals surface area contributed by atoms with E-state index >= 15 is 4.39 Å². The Kier molecular flexibility index (Phi) is 7.15. The van der Waals surface area contributed by atoms with Crippen LogP contribution in [0.3, 0.4) is 0 Å². The third kappa shape index (κ3) is 4.98. The molecule has 0 radical (unpaired) electrons. The van der Waals surface area contributed by atoms with Gasteiger partial charge in [0.05, 0.1) is 15.6 Å². The molecule has 4 heterocycles. The number of halogens is 4. The van der Waals surface area contributed by atoms with Gasteiger partial charge in [0.2, 0.25) is 5.95 Å². The van der Waals surface area contributed by atoms with Gasteiger partial charge in [-0.15, -0.1) is 0 Å². The predicted molar refractivity (Wildman–Crippen MR) is 134 cm³/mol. The van der Waals surface area contributed by atoms with Gasteiger partial charge in [0.25, 0.3) is 0 Å². The summed E-state index contributed by atoms with van der Waals surface area (Å²) in [6, 6.07) is 6.56. The Labute approximate surface area is 213 Å². The summed E-state index contributed by atoms with van der Waals surface area (Å²) in [6.45, 7) is 6.75. The van der Waals surface area contributed by atoms with Gasteiger partial charge in [-0.3, -0.25) is 4.90 Å². The van der Waals surface area contributed by atoms with E-state index in [1.807, 2.05) is 4.90 Å². The van der Waals surface area contributed by atoms with Crippen molar-refractivity contribution >= 4 is 46.7 Å². The molecule has 0 bridgehead atoms. The number of hydrogen-bond acceptors (Lipinski definition) is 6. The molecular formula is C24H28Cl2F2N4OS. The first-order chi connectivity index (χ1) is 16.3. The largest absolute Gasteiger partial charge is 0.371 e. The zero-order chi connectivity index (χ0) is 23.9. The molecule has 3 saturated heterocycles.